The van der Waals surface area contributed by atoms with Crippen LogP contribution >= 0.6 is 0 Å². The minimum atomic E-state index is -3.64. The number of anilines is 1. The number of benzene rings is 2. The second-order valence-electron chi connectivity index (χ2n) is 7.24. The summed E-state index contributed by atoms with van der Waals surface area (Å²) in [4.78, 5) is 12.9. The van der Waals surface area contributed by atoms with E-state index >= 15 is 0 Å². The van der Waals surface area contributed by atoms with Crippen molar-refractivity contribution in [1.29, 1.82) is 0 Å². The molecule has 3 N–H and O–H groups in total. The van der Waals surface area contributed by atoms with Gasteiger partial charge in [-0.05, 0) is 61.2 Å². The zero-order valence-corrected chi connectivity index (χ0v) is 17.5. The van der Waals surface area contributed by atoms with Crippen molar-refractivity contribution >= 4 is 21.6 Å². The lowest BCUT2D eigenvalue weighted by molar-refractivity contribution is -0.122. The van der Waals surface area contributed by atoms with E-state index in [0.717, 1.165) is 6.42 Å². The lowest BCUT2D eigenvalue weighted by Crippen LogP contribution is -2.58. The first kappa shape index (κ1) is 21.3. The number of amides is 1. The Morgan fingerprint density at radius 1 is 1.10 bits per heavy atom. The van der Waals surface area contributed by atoms with Gasteiger partial charge in [-0.25, -0.2) is 8.42 Å². The van der Waals surface area contributed by atoms with Crippen molar-refractivity contribution in [3.63, 3.8) is 0 Å². The van der Waals surface area contributed by atoms with E-state index in [0.29, 0.717) is 11.4 Å². The molecule has 1 fully saturated rings. The summed E-state index contributed by atoms with van der Waals surface area (Å²) < 4.78 is 32.2. The van der Waals surface area contributed by atoms with Crippen LogP contribution in [0.25, 0.3) is 0 Å². The highest BCUT2D eigenvalue weighted by atomic mass is 32.2. The third kappa shape index (κ3) is 4.60. The summed E-state index contributed by atoms with van der Waals surface area (Å²) in [7, 11) is -2.11. The van der Waals surface area contributed by atoms with E-state index in [1.165, 1.54) is 29.1 Å². The smallest absolute Gasteiger partial charge is 0.244 e. The van der Waals surface area contributed by atoms with Crippen LogP contribution in [-0.2, 0) is 21.2 Å². The van der Waals surface area contributed by atoms with Crippen LogP contribution in [0.3, 0.4) is 0 Å². The van der Waals surface area contributed by atoms with Crippen molar-refractivity contribution in [2.45, 2.75) is 36.6 Å². The zero-order valence-electron chi connectivity index (χ0n) is 16.7. The van der Waals surface area contributed by atoms with Crippen molar-refractivity contribution in [3.8, 4) is 5.75 Å². The summed E-state index contributed by atoms with van der Waals surface area (Å²) in [6.45, 7) is 2.44. The molecule has 1 heterocycles. The quantitative estimate of drug-likeness (QED) is 0.751. The molecule has 1 saturated heterocycles. The third-order valence-corrected chi connectivity index (χ3v) is 7.30. The van der Waals surface area contributed by atoms with Crippen LogP contribution in [0.5, 0.6) is 5.75 Å². The first-order valence-electron chi connectivity index (χ1n) is 9.62. The van der Waals surface area contributed by atoms with Gasteiger partial charge in [0, 0.05) is 18.8 Å². The fourth-order valence-electron chi connectivity index (χ4n) is 3.33. The van der Waals surface area contributed by atoms with Gasteiger partial charge in [-0.1, -0.05) is 19.1 Å². The average Bonchev–Trinajstić information content (AvgIpc) is 2.74. The molecule has 7 nitrogen and oxygen atoms in total. The highest BCUT2D eigenvalue weighted by Gasteiger charge is 2.41. The SMILES string of the molecule is CCc1ccc(NC(=O)C2(N)CCN(S(=O)(=O)c3ccc(OC)cc3)CC2)cc1. The average molecular weight is 418 g/mol. The minimum Gasteiger partial charge on any atom is -0.497 e. The normalized spacial score (nSPS) is 16.9. The molecule has 0 saturated carbocycles. The van der Waals surface area contributed by atoms with Crippen LogP contribution in [0.4, 0.5) is 5.69 Å². The van der Waals surface area contributed by atoms with Gasteiger partial charge in [-0.3, -0.25) is 4.79 Å². The van der Waals surface area contributed by atoms with Gasteiger partial charge in [0.25, 0.3) is 0 Å². The van der Waals surface area contributed by atoms with Crippen LogP contribution < -0.4 is 15.8 Å². The molecule has 2 aromatic rings. The van der Waals surface area contributed by atoms with E-state index in [2.05, 4.69) is 12.2 Å². The summed E-state index contributed by atoms with van der Waals surface area (Å²) in [5.74, 6) is 0.301. The first-order chi connectivity index (χ1) is 13.8. The van der Waals surface area contributed by atoms with Crippen molar-refractivity contribution < 1.29 is 17.9 Å². The van der Waals surface area contributed by atoms with Gasteiger partial charge >= 0.3 is 0 Å². The predicted octanol–water partition coefficient (Wildman–Crippen LogP) is 2.38. The molecule has 0 atom stereocenters. The third-order valence-electron chi connectivity index (χ3n) is 5.38. The van der Waals surface area contributed by atoms with Crippen molar-refractivity contribution in [3.05, 3.63) is 54.1 Å². The molecule has 0 bridgehead atoms. The number of methoxy groups -OCH3 is 1. The van der Waals surface area contributed by atoms with Crippen LogP contribution in [-0.4, -0.2) is 44.4 Å². The number of carbonyl (C=O) groups is 1. The number of piperidine rings is 1. The fourth-order valence-corrected chi connectivity index (χ4v) is 4.77. The van der Waals surface area contributed by atoms with Gasteiger partial charge in [0.1, 0.15) is 5.75 Å². The minimum absolute atomic E-state index is 0.188. The first-order valence-corrected chi connectivity index (χ1v) is 11.1. The Bertz CT molecular complexity index is 948. The maximum atomic E-state index is 12.9. The zero-order chi connectivity index (χ0) is 21.1. The number of nitrogens with zero attached hydrogens (tertiary/aromatic N) is 1. The summed E-state index contributed by atoms with van der Waals surface area (Å²) in [5, 5.41) is 2.86. The molecule has 1 aliphatic heterocycles. The van der Waals surface area contributed by atoms with Crippen molar-refractivity contribution in [2.75, 3.05) is 25.5 Å². The van der Waals surface area contributed by atoms with E-state index < -0.39 is 15.6 Å². The molecule has 0 spiro atoms. The van der Waals surface area contributed by atoms with E-state index in [9.17, 15) is 13.2 Å². The Morgan fingerprint density at radius 2 is 1.69 bits per heavy atom. The monoisotopic (exact) mass is 417 g/mol. The maximum absolute atomic E-state index is 12.9. The molecule has 2 aromatic carbocycles. The largest absolute Gasteiger partial charge is 0.497 e. The van der Waals surface area contributed by atoms with E-state index in [1.54, 1.807) is 12.1 Å². The summed E-state index contributed by atoms with van der Waals surface area (Å²) in [6.07, 6.45) is 1.43. The molecular weight excluding hydrogens is 390 g/mol. The van der Waals surface area contributed by atoms with Crippen LogP contribution in [0, 0.1) is 0 Å². The number of nitrogens with two attached hydrogens (primary N) is 1. The molecule has 0 unspecified atom stereocenters. The van der Waals surface area contributed by atoms with Gasteiger partial charge in [0.2, 0.25) is 15.9 Å². The van der Waals surface area contributed by atoms with Gasteiger partial charge < -0.3 is 15.8 Å². The Kier molecular flexibility index (Phi) is 6.26. The van der Waals surface area contributed by atoms with E-state index in [4.69, 9.17) is 10.5 Å². The number of hydrogen-bond donors (Lipinski definition) is 2. The number of carbonyl (C=O) groups excluding carboxylic acids is 1. The van der Waals surface area contributed by atoms with Crippen LogP contribution in [0.1, 0.15) is 25.3 Å². The molecule has 0 aliphatic carbocycles. The Morgan fingerprint density at radius 3 is 2.21 bits per heavy atom. The highest BCUT2D eigenvalue weighted by molar-refractivity contribution is 7.89. The Hall–Kier alpha value is -2.42. The Balaban J connectivity index is 1.65. The molecule has 0 radical (unpaired) electrons. The molecule has 3 rings (SSSR count). The van der Waals surface area contributed by atoms with Gasteiger partial charge in [0.05, 0.1) is 17.5 Å². The van der Waals surface area contributed by atoms with Gasteiger partial charge in [-0.15, -0.1) is 0 Å². The summed E-state index contributed by atoms with van der Waals surface area (Å²) in [6, 6.07) is 13.9. The fraction of sp³-hybridized carbons (Fsp3) is 0.381. The lowest BCUT2D eigenvalue weighted by Gasteiger charge is -2.37. The van der Waals surface area contributed by atoms with Gasteiger partial charge in [0.15, 0.2) is 0 Å². The van der Waals surface area contributed by atoms with Crippen LogP contribution in [0.15, 0.2) is 53.4 Å². The molecule has 0 aromatic heterocycles. The van der Waals surface area contributed by atoms with E-state index in [-0.39, 0.29) is 36.7 Å². The number of hydrogen-bond acceptors (Lipinski definition) is 5. The van der Waals surface area contributed by atoms with Crippen molar-refractivity contribution in [2.24, 2.45) is 5.73 Å². The molecular formula is C21H27N3O4S. The van der Waals surface area contributed by atoms with Gasteiger partial charge in [-0.2, -0.15) is 4.31 Å². The topological polar surface area (TPSA) is 102 Å². The summed E-state index contributed by atoms with van der Waals surface area (Å²) >= 11 is 0. The number of rotatable bonds is 6. The van der Waals surface area contributed by atoms with E-state index in [1.807, 2.05) is 24.3 Å². The molecule has 29 heavy (non-hydrogen) atoms. The summed E-state index contributed by atoms with van der Waals surface area (Å²) in [5.41, 5.74) is 7.11. The Labute approximate surface area is 171 Å². The van der Waals surface area contributed by atoms with Crippen LogP contribution in [0.2, 0.25) is 0 Å². The number of nitrogens with one attached hydrogen (secondary N) is 1. The lowest BCUT2D eigenvalue weighted by atomic mass is 9.88. The molecule has 156 valence electrons. The molecule has 1 aliphatic rings. The predicted molar refractivity (Wildman–Crippen MR) is 112 cm³/mol. The maximum Gasteiger partial charge on any atom is 0.244 e. The highest BCUT2D eigenvalue weighted by Crippen LogP contribution is 2.27. The standard InChI is InChI=1S/C21H27N3O4S/c1-3-16-4-6-17(7-5-16)23-20(25)21(22)12-14-24(15-13-21)29(26,27)19-10-8-18(28-2)9-11-19/h4-11H,3,12-15,22H2,1-2H3,(H,23,25). The second kappa shape index (κ2) is 8.52. The molecule has 1 amide bonds. The number of ether oxygens (including phenoxy) is 1. The number of sulfonamides is 1. The number of aryl methyl sites for hydroxylation is 1. The second-order valence-corrected chi connectivity index (χ2v) is 9.18. The molecule has 8 heteroatoms. The van der Waals surface area contributed by atoms with Crippen molar-refractivity contribution in [1.82, 2.24) is 4.31 Å².